The van der Waals surface area contributed by atoms with Crippen molar-refractivity contribution in [2.75, 3.05) is 13.7 Å². The van der Waals surface area contributed by atoms with Crippen molar-refractivity contribution in [1.29, 1.82) is 0 Å². The van der Waals surface area contributed by atoms with Gasteiger partial charge in [-0.05, 0) is 25.5 Å². The van der Waals surface area contributed by atoms with Crippen molar-refractivity contribution in [1.82, 2.24) is 5.32 Å². The Balaban J connectivity index is 2.80. The van der Waals surface area contributed by atoms with E-state index in [9.17, 15) is 4.79 Å². The van der Waals surface area contributed by atoms with Gasteiger partial charge in [-0.3, -0.25) is 4.79 Å². The lowest BCUT2D eigenvalue weighted by molar-refractivity contribution is 0.0951. The molecule has 0 bridgehead atoms. The van der Waals surface area contributed by atoms with Crippen LogP contribution in [0.25, 0.3) is 0 Å². The summed E-state index contributed by atoms with van der Waals surface area (Å²) in [6.45, 7) is 6.14. The zero-order chi connectivity index (χ0) is 12.0. The lowest BCUT2D eigenvalue weighted by Gasteiger charge is -2.09. The quantitative estimate of drug-likeness (QED) is 0.609. The number of ether oxygens (including phenoxy) is 1. The number of methoxy groups -OCH3 is 1. The maximum Gasteiger partial charge on any atom is 0.255 e. The fourth-order valence-corrected chi connectivity index (χ4v) is 1.38. The molecule has 86 valence electrons. The first-order chi connectivity index (χ1) is 7.69. The molecule has 0 fully saturated rings. The summed E-state index contributed by atoms with van der Waals surface area (Å²) in [7, 11) is 1.56. The second kappa shape index (κ2) is 5.95. The predicted octanol–water partition coefficient (Wildman–Crippen LogP) is 2.31. The van der Waals surface area contributed by atoms with E-state index in [4.69, 9.17) is 4.74 Å². The van der Waals surface area contributed by atoms with E-state index < -0.39 is 0 Å². The molecule has 0 radical (unpaired) electrons. The number of hydrogen-bond acceptors (Lipinski definition) is 2. The molecular formula is C13H17NO2. The highest BCUT2D eigenvalue weighted by molar-refractivity contribution is 5.97. The molecule has 0 aliphatic heterocycles. The van der Waals surface area contributed by atoms with Crippen LogP contribution >= 0.6 is 0 Å². The fraction of sp³-hybridized carbons (Fsp3) is 0.308. The van der Waals surface area contributed by atoms with Gasteiger partial charge in [-0.25, -0.2) is 0 Å². The van der Waals surface area contributed by atoms with Gasteiger partial charge in [0.05, 0.1) is 12.7 Å². The van der Waals surface area contributed by atoms with Gasteiger partial charge >= 0.3 is 0 Å². The second-order valence-corrected chi connectivity index (χ2v) is 3.54. The topological polar surface area (TPSA) is 38.3 Å². The zero-order valence-electron chi connectivity index (χ0n) is 9.75. The minimum Gasteiger partial charge on any atom is -0.496 e. The van der Waals surface area contributed by atoms with E-state index in [0.29, 0.717) is 17.9 Å². The summed E-state index contributed by atoms with van der Waals surface area (Å²) in [5, 5.41) is 2.81. The first kappa shape index (κ1) is 12.3. The molecule has 0 aromatic heterocycles. The standard InChI is InChI=1S/C13H17NO2/c1-4-5-8-14-13(15)11-9-10(2)6-7-12(11)16-3/h4,6-7,9H,1,5,8H2,2-3H3,(H,14,15). The molecule has 1 aromatic carbocycles. The number of nitrogens with one attached hydrogen (secondary N) is 1. The molecule has 0 aliphatic carbocycles. The summed E-state index contributed by atoms with van der Waals surface area (Å²) in [6.07, 6.45) is 2.54. The number of hydrogen-bond donors (Lipinski definition) is 1. The van der Waals surface area contributed by atoms with Gasteiger partial charge in [-0.15, -0.1) is 6.58 Å². The number of rotatable bonds is 5. The van der Waals surface area contributed by atoms with Crippen LogP contribution in [0.2, 0.25) is 0 Å². The summed E-state index contributed by atoms with van der Waals surface area (Å²) in [6, 6.07) is 5.54. The third kappa shape index (κ3) is 3.12. The summed E-state index contributed by atoms with van der Waals surface area (Å²) < 4.78 is 5.15. The van der Waals surface area contributed by atoms with Crippen molar-refractivity contribution >= 4 is 5.91 Å². The minimum absolute atomic E-state index is 0.109. The number of carbonyl (C=O) groups excluding carboxylic acids is 1. The zero-order valence-corrected chi connectivity index (χ0v) is 9.75. The molecule has 0 atom stereocenters. The Morgan fingerprint density at radius 1 is 1.56 bits per heavy atom. The second-order valence-electron chi connectivity index (χ2n) is 3.54. The Labute approximate surface area is 96.1 Å². The molecule has 3 heteroatoms. The van der Waals surface area contributed by atoms with Gasteiger partial charge in [-0.2, -0.15) is 0 Å². The van der Waals surface area contributed by atoms with Crippen molar-refractivity contribution < 1.29 is 9.53 Å². The molecular weight excluding hydrogens is 202 g/mol. The van der Waals surface area contributed by atoms with E-state index in [1.165, 1.54) is 0 Å². The molecule has 0 spiro atoms. The average molecular weight is 219 g/mol. The van der Waals surface area contributed by atoms with E-state index in [1.807, 2.05) is 19.1 Å². The van der Waals surface area contributed by atoms with Gasteiger partial charge in [0, 0.05) is 6.54 Å². The van der Waals surface area contributed by atoms with E-state index in [2.05, 4.69) is 11.9 Å². The van der Waals surface area contributed by atoms with Crippen LogP contribution in [-0.2, 0) is 0 Å². The Bertz CT molecular complexity index is 386. The van der Waals surface area contributed by atoms with Gasteiger partial charge in [0.1, 0.15) is 5.75 Å². The first-order valence-corrected chi connectivity index (χ1v) is 5.22. The highest BCUT2D eigenvalue weighted by Crippen LogP contribution is 2.19. The molecule has 1 aromatic rings. The lowest BCUT2D eigenvalue weighted by atomic mass is 10.1. The van der Waals surface area contributed by atoms with Crippen LogP contribution in [0.5, 0.6) is 5.75 Å². The van der Waals surface area contributed by atoms with Gasteiger partial charge in [-0.1, -0.05) is 17.7 Å². The van der Waals surface area contributed by atoms with Crippen LogP contribution in [0.4, 0.5) is 0 Å². The maximum absolute atomic E-state index is 11.8. The third-order valence-electron chi connectivity index (χ3n) is 2.23. The van der Waals surface area contributed by atoms with E-state index in [1.54, 1.807) is 19.3 Å². The molecule has 0 saturated heterocycles. The summed E-state index contributed by atoms with van der Waals surface area (Å²) in [5.74, 6) is 0.490. The van der Waals surface area contributed by atoms with Gasteiger partial charge in [0.2, 0.25) is 0 Å². The molecule has 1 N–H and O–H groups in total. The molecule has 1 amide bonds. The van der Waals surface area contributed by atoms with Crippen molar-refractivity contribution in [3.63, 3.8) is 0 Å². The van der Waals surface area contributed by atoms with E-state index >= 15 is 0 Å². The number of aryl methyl sites for hydroxylation is 1. The van der Waals surface area contributed by atoms with Crippen molar-refractivity contribution in [2.45, 2.75) is 13.3 Å². The largest absolute Gasteiger partial charge is 0.496 e. The molecule has 0 unspecified atom stereocenters. The van der Waals surface area contributed by atoms with Crippen LogP contribution < -0.4 is 10.1 Å². The normalized spacial score (nSPS) is 9.62. The molecule has 3 nitrogen and oxygen atoms in total. The minimum atomic E-state index is -0.109. The van der Waals surface area contributed by atoms with Gasteiger partial charge in [0.25, 0.3) is 5.91 Å². The Kier molecular flexibility index (Phi) is 4.58. The Morgan fingerprint density at radius 3 is 2.94 bits per heavy atom. The SMILES string of the molecule is C=CCCNC(=O)c1cc(C)ccc1OC. The number of amides is 1. The molecule has 0 saturated carbocycles. The highest BCUT2D eigenvalue weighted by Gasteiger charge is 2.11. The molecule has 1 rings (SSSR count). The fourth-order valence-electron chi connectivity index (χ4n) is 1.38. The van der Waals surface area contributed by atoms with Crippen LogP contribution in [0.3, 0.4) is 0 Å². The smallest absolute Gasteiger partial charge is 0.255 e. The molecule has 0 aliphatic rings. The monoisotopic (exact) mass is 219 g/mol. The van der Waals surface area contributed by atoms with E-state index in [-0.39, 0.29) is 5.91 Å². The summed E-state index contributed by atoms with van der Waals surface area (Å²) >= 11 is 0. The third-order valence-corrected chi connectivity index (χ3v) is 2.23. The summed E-state index contributed by atoms with van der Waals surface area (Å²) in [4.78, 5) is 11.8. The Morgan fingerprint density at radius 2 is 2.31 bits per heavy atom. The average Bonchev–Trinajstić information content (AvgIpc) is 2.29. The lowest BCUT2D eigenvalue weighted by Crippen LogP contribution is -2.24. The van der Waals surface area contributed by atoms with Crippen LogP contribution in [0.1, 0.15) is 22.3 Å². The van der Waals surface area contributed by atoms with Crippen molar-refractivity contribution in [3.05, 3.63) is 42.0 Å². The van der Waals surface area contributed by atoms with Crippen LogP contribution in [-0.4, -0.2) is 19.6 Å². The number of carbonyl (C=O) groups is 1. The van der Waals surface area contributed by atoms with Crippen LogP contribution in [0.15, 0.2) is 30.9 Å². The highest BCUT2D eigenvalue weighted by atomic mass is 16.5. The molecule has 16 heavy (non-hydrogen) atoms. The number of benzene rings is 1. The predicted molar refractivity (Wildman–Crippen MR) is 64.9 cm³/mol. The van der Waals surface area contributed by atoms with Crippen molar-refractivity contribution in [3.8, 4) is 5.75 Å². The van der Waals surface area contributed by atoms with Crippen molar-refractivity contribution in [2.24, 2.45) is 0 Å². The molecule has 0 heterocycles. The Hall–Kier alpha value is -1.77. The maximum atomic E-state index is 11.8. The van der Waals surface area contributed by atoms with Crippen LogP contribution in [0, 0.1) is 6.92 Å². The summed E-state index contributed by atoms with van der Waals surface area (Å²) in [5.41, 5.74) is 1.61. The van der Waals surface area contributed by atoms with Gasteiger partial charge in [0.15, 0.2) is 0 Å². The van der Waals surface area contributed by atoms with Gasteiger partial charge < -0.3 is 10.1 Å². The van der Waals surface area contributed by atoms with E-state index in [0.717, 1.165) is 12.0 Å². The first-order valence-electron chi connectivity index (χ1n) is 5.22.